The second kappa shape index (κ2) is 6.73. The highest BCUT2D eigenvalue weighted by Gasteiger charge is 2.12. The van der Waals surface area contributed by atoms with Crippen LogP contribution < -0.4 is 5.32 Å². The Hall–Kier alpha value is -1.10. The number of hydrogen-bond acceptors (Lipinski definition) is 4. The van der Waals surface area contributed by atoms with Crippen molar-refractivity contribution in [2.45, 2.75) is 6.54 Å². The first-order valence-corrected chi connectivity index (χ1v) is 6.63. The van der Waals surface area contributed by atoms with Gasteiger partial charge in [0.05, 0.1) is 0 Å². The summed E-state index contributed by atoms with van der Waals surface area (Å²) in [5.74, 6) is 0.330. The Bertz CT molecular complexity index is 345. The van der Waals surface area contributed by atoms with Gasteiger partial charge in [-0.2, -0.15) is 0 Å². The van der Waals surface area contributed by atoms with E-state index in [-0.39, 0.29) is 0 Å². The van der Waals surface area contributed by atoms with Gasteiger partial charge in [0.1, 0.15) is 5.75 Å². The van der Waals surface area contributed by atoms with E-state index in [1.54, 1.807) is 12.1 Å². The Kier molecular flexibility index (Phi) is 4.99. The van der Waals surface area contributed by atoms with E-state index in [0.29, 0.717) is 5.75 Å². The largest absolute Gasteiger partial charge is 0.508 e. The summed E-state index contributed by atoms with van der Waals surface area (Å²) in [6, 6.07) is 7.38. The maximum absolute atomic E-state index is 9.19. The Morgan fingerprint density at radius 2 is 1.78 bits per heavy atom. The van der Waals surface area contributed by atoms with Gasteiger partial charge in [-0.05, 0) is 24.7 Å². The molecule has 0 bridgehead atoms. The molecular weight excluding hydrogens is 226 g/mol. The van der Waals surface area contributed by atoms with E-state index in [9.17, 15) is 5.11 Å². The fraction of sp³-hybridized carbons (Fsp3) is 0.571. The van der Waals surface area contributed by atoms with Crippen molar-refractivity contribution in [3.05, 3.63) is 29.8 Å². The quantitative estimate of drug-likeness (QED) is 0.755. The van der Waals surface area contributed by atoms with E-state index < -0.39 is 0 Å². The standard InChI is InChI=1S/C14H23N3O/c1-16-8-10-17(11-9-16)7-6-15-12-13-2-4-14(18)5-3-13/h2-5,15,18H,6-12H2,1H3. The van der Waals surface area contributed by atoms with Crippen LogP contribution in [-0.2, 0) is 6.54 Å². The highest BCUT2D eigenvalue weighted by atomic mass is 16.3. The number of piperazine rings is 1. The number of hydrogen-bond donors (Lipinski definition) is 2. The molecule has 0 unspecified atom stereocenters. The summed E-state index contributed by atoms with van der Waals surface area (Å²) >= 11 is 0. The number of nitrogens with zero attached hydrogens (tertiary/aromatic N) is 2. The van der Waals surface area contributed by atoms with Crippen molar-refractivity contribution in [3.63, 3.8) is 0 Å². The van der Waals surface area contributed by atoms with Crippen molar-refractivity contribution >= 4 is 0 Å². The van der Waals surface area contributed by atoms with Gasteiger partial charge in [0.25, 0.3) is 0 Å². The van der Waals surface area contributed by atoms with Crippen LogP contribution in [0.25, 0.3) is 0 Å². The van der Waals surface area contributed by atoms with Crippen LogP contribution >= 0.6 is 0 Å². The smallest absolute Gasteiger partial charge is 0.115 e. The van der Waals surface area contributed by atoms with Gasteiger partial charge in [-0.15, -0.1) is 0 Å². The van der Waals surface area contributed by atoms with Gasteiger partial charge >= 0.3 is 0 Å². The van der Waals surface area contributed by atoms with E-state index in [1.165, 1.54) is 31.7 Å². The van der Waals surface area contributed by atoms with E-state index in [2.05, 4.69) is 22.2 Å². The van der Waals surface area contributed by atoms with Crippen LogP contribution in [0.3, 0.4) is 0 Å². The maximum atomic E-state index is 9.19. The van der Waals surface area contributed by atoms with Crippen LogP contribution in [0.4, 0.5) is 0 Å². The third-order valence-corrected chi connectivity index (χ3v) is 3.47. The van der Waals surface area contributed by atoms with Crippen LogP contribution in [0, 0.1) is 0 Å². The van der Waals surface area contributed by atoms with Crippen molar-refractivity contribution in [2.75, 3.05) is 46.3 Å². The lowest BCUT2D eigenvalue weighted by Crippen LogP contribution is -2.46. The SMILES string of the molecule is CN1CCN(CCNCc2ccc(O)cc2)CC1. The zero-order valence-corrected chi connectivity index (χ0v) is 11.1. The predicted molar refractivity (Wildman–Crippen MR) is 73.8 cm³/mol. The molecule has 100 valence electrons. The minimum Gasteiger partial charge on any atom is -0.508 e. The molecule has 0 saturated carbocycles. The molecule has 4 nitrogen and oxygen atoms in total. The Balaban J connectivity index is 1.60. The lowest BCUT2D eigenvalue weighted by atomic mass is 10.2. The lowest BCUT2D eigenvalue weighted by Gasteiger charge is -2.32. The van der Waals surface area contributed by atoms with Crippen LogP contribution in [0.1, 0.15) is 5.56 Å². The molecule has 0 aromatic heterocycles. The van der Waals surface area contributed by atoms with Gasteiger partial charge in [0.15, 0.2) is 0 Å². The van der Waals surface area contributed by atoms with Crippen molar-refractivity contribution < 1.29 is 5.11 Å². The fourth-order valence-corrected chi connectivity index (χ4v) is 2.16. The summed E-state index contributed by atoms with van der Waals surface area (Å²) < 4.78 is 0. The zero-order chi connectivity index (χ0) is 12.8. The summed E-state index contributed by atoms with van der Waals surface area (Å²) in [6.45, 7) is 7.72. The van der Waals surface area contributed by atoms with Gasteiger partial charge < -0.3 is 15.3 Å². The molecule has 1 aromatic carbocycles. The third-order valence-electron chi connectivity index (χ3n) is 3.47. The Morgan fingerprint density at radius 3 is 2.44 bits per heavy atom. The lowest BCUT2D eigenvalue weighted by molar-refractivity contribution is 0.154. The topological polar surface area (TPSA) is 38.7 Å². The molecule has 2 rings (SSSR count). The van der Waals surface area contributed by atoms with Crippen LogP contribution in [0.5, 0.6) is 5.75 Å². The molecule has 1 heterocycles. The zero-order valence-electron chi connectivity index (χ0n) is 11.1. The van der Waals surface area contributed by atoms with Crippen LogP contribution in [-0.4, -0.2) is 61.2 Å². The molecule has 0 spiro atoms. The Morgan fingerprint density at radius 1 is 1.11 bits per heavy atom. The van der Waals surface area contributed by atoms with Crippen LogP contribution in [0.2, 0.25) is 0 Å². The molecule has 2 N–H and O–H groups in total. The average Bonchev–Trinajstić information content (AvgIpc) is 2.39. The molecule has 1 fully saturated rings. The monoisotopic (exact) mass is 249 g/mol. The fourth-order valence-electron chi connectivity index (χ4n) is 2.16. The molecule has 0 atom stereocenters. The number of likely N-dealkylation sites (N-methyl/N-ethyl adjacent to an activating group) is 1. The number of benzene rings is 1. The molecule has 1 aromatic rings. The summed E-state index contributed by atoms with van der Waals surface area (Å²) in [4.78, 5) is 4.88. The highest BCUT2D eigenvalue weighted by molar-refractivity contribution is 5.25. The number of phenols is 1. The molecule has 1 aliphatic heterocycles. The first kappa shape index (κ1) is 13.3. The second-order valence-electron chi connectivity index (χ2n) is 4.99. The maximum Gasteiger partial charge on any atom is 0.115 e. The molecule has 0 radical (unpaired) electrons. The first-order chi connectivity index (χ1) is 8.74. The van der Waals surface area contributed by atoms with Gasteiger partial charge in [-0.3, -0.25) is 4.90 Å². The number of aromatic hydroxyl groups is 1. The number of rotatable bonds is 5. The third kappa shape index (κ3) is 4.29. The van der Waals surface area contributed by atoms with Crippen molar-refractivity contribution in [3.8, 4) is 5.75 Å². The molecule has 18 heavy (non-hydrogen) atoms. The summed E-state index contributed by atoms with van der Waals surface area (Å²) in [6.07, 6.45) is 0. The minimum atomic E-state index is 0.330. The van der Waals surface area contributed by atoms with Crippen LogP contribution in [0.15, 0.2) is 24.3 Å². The highest BCUT2D eigenvalue weighted by Crippen LogP contribution is 2.09. The second-order valence-corrected chi connectivity index (χ2v) is 4.99. The van der Waals surface area contributed by atoms with E-state index in [0.717, 1.165) is 19.6 Å². The van der Waals surface area contributed by atoms with Gasteiger partial charge in [0.2, 0.25) is 0 Å². The molecular formula is C14H23N3O. The average molecular weight is 249 g/mol. The molecule has 1 aliphatic rings. The molecule has 1 saturated heterocycles. The van der Waals surface area contributed by atoms with Crippen molar-refractivity contribution in [1.29, 1.82) is 0 Å². The molecule has 0 amide bonds. The number of phenolic OH excluding ortho intramolecular Hbond substituents is 1. The molecule has 0 aliphatic carbocycles. The van der Waals surface area contributed by atoms with Gasteiger partial charge in [-0.1, -0.05) is 12.1 Å². The van der Waals surface area contributed by atoms with E-state index in [1.807, 2.05) is 12.1 Å². The van der Waals surface area contributed by atoms with E-state index >= 15 is 0 Å². The summed E-state index contributed by atoms with van der Waals surface area (Å²) in [7, 11) is 2.18. The first-order valence-electron chi connectivity index (χ1n) is 6.63. The van der Waals surface area contributed by atoms with Gasteiger partial charge in [-0.25, -0.2) is 0 Å². The predicted octanol–water partition coefficient (Wildman–Crippen LogP) is 0.729. The van der Waals surface area contributed by atoms with Crippen molar-refractivity contribution in [1.82, 2.24) is 15.1 Å². The van der Waals surface area contributed by atoms with Gasteiger partial charge in [0, 0.05) is 45.8 Å². The summed E-state index contributed by atoms with van der Waals surface area (Å²) in [5.41, 5.74) is 1.21. The van der Waals surface area contributed by atoms with E-state index in [4.69, 9.17) is 0 Å². The normalized spacial score (nSPS) is 18.1. The summed E-state index contributed by atoms with van der Waals surface area (Å²) in [5, 5.41) is 12.6. The minimum absolute atomic E-state index is 0.330. The molecule has 4 heteroatoms. The number of nitrogens with one attached hydrogen (secondary N) is 1. The van der Waals surface area contributed by atoms with Crippen molar-refractivity contribution in [2.24, 2.45) is 0 Å². The Labute approximate surface area is 109 Å².